The van der Waals surface area contributed by atoms with Crippen molar-refractivity contribution in [3.63, 3.8) is 0 Å². The summed E-state index contributed by atoms with van der Waals surface area (Å²) >= 11 is 0. The van der Waals surface area contributed by atoms with Crippen LogP contribution in [0.2, 0.25) is 0 Å². The van der Waals surface area contributed by atoms with Crippen LogP contribution in [0.5, 0.6) is 0 Å². The maximum absolute atomic E-state index is 4.85. The monoisotopic (exact) mass is 756 g/mol. The lowest BCUT2D eigenvalue weighted by atomic mass is 9.62. The number of anilines is 5. The van der Waals surface area contributed by atoms with Crippen molar-refractivity contribution < 1.29 is 0 Å². The lowest BCUT2D eigenvalue weighted by Crippen LogP contribution is -2.37. The van der Waals surface area contributed by atoms with Crippen molar-refractivity contribution in [3.8, 4) is 0 Å². The predicted octanol–water partition coefficient (Wildman–Crippen LogP) is 13.8. The first kappa shape index (κ1) is 36.0. The van der Waals surface area contributed by atoms with Gasteiger partial charge in [-0.05, 0) is 106 Å². The van der Waals surface area contributed by atoms with Crippen molar-refractivity contribution in [1.29, 1.82) is 0 Å². The molecule has 1 unspecified atom stereocenters. The first-order chi connectivity index (χ1) is 29.2. The van der Waals surface area contributed by atoms with E-state index in [1.54, 1.807) is 0 Å². The maximum atomic E-state index is 4.85. The molecule has 2 heteroatoms. The van der Waals surface area contributed by atoms with Crippen LogP contribution in [-0.2, 0) is 10.8 Å². The normalized spacial score (nSPS) is 19.0. The van der Waals surface area contributed by atoms with Crippen LogP contribution in [0.4, 0.5) is 28.4 Å². The molecule has 3 aliphatic rings. The highest BCUT2D eigenvalue weighted by molar-refractivity contribution is 5.90. The molecule has 2 heterocycles. The summed E-state index contributed by atoms with van der Waals surface area (Å²) in [6.45, 7) is 5.54. The Labute approximate surface area is 348 Å². The molecule has 0 aromatic heterocycles. The molecule has 0 bridgehead atoms. The maximum Gasteiger partial charge on any atom is 0.0748 e. The van der Waals surface area contributed by atoms with E-state index in [2.05, 4.69) is 234 Å². The van der Waals surface area contributed by atoms with Crippen LogP contribution in [0, 0.1) is 12.1 Å². The summed E-state index contributed by atoms with van der Waals surface area (Å²) in [5, 5.41) is 0. The van der Waals surface area contributed by atoms with Gasteiger partial charge in [0, 0.05) is 23.6 Å². The van der Waals surface area contributed by atoms with Gasteiger partial charge >= 0.3 is 0 Å². The lowest BCUT2D eigenvalue weighted by molar-refractivity contribution is 0.676. The van der Waals surface area contributed by atoms with Gasteiger partial charge < -0.3 is 9.80 Å². The van der Waals surface area contributed by atoms with Gasteiger partial charge in [-0.1, -0.05) is 188 Å². The van der Waals surface area contributed by atoms with E-state index >= 15 is 0 Å². The highest BCUT2D eigenvalue weighted by atomic mass is 15.2. The Morgan fingerprint density at radius 3 is 1.76 bits per heavy atom. The van der Waals surface area contributed by atoms with Gasteiger partial charge in [0.2, 0.25) is 0 Å². The second-order valence-electron chi connectivity index (χ2n) is 15.4. The summed E-state index contributed by atoms with van der Waals surface area (Å²) in [7, 11) is 0. The van der Waals surface area contributed by atoms with Gasteiger partial charge in [0.05, 0.1) is 22.2 Å². The third kappa shape index (κ3) is 5.81. The third-order valence-electron chi connectivity index (χ3n) is 12.4. The number of hydrogen-bond donors (Lipinski definition) is 0. The van der Waals surface area contributed by atoms with Gasteiger partial charge in [-0.25, -0.2) is 0 Å². The van der Waals surface area contributed by atoms with Crippen LogP contribution >= 0.6 is 0 Å². The number of fused-ring (bicyclic) bond motifs is 3. The second kappa shape index (κ2) is 15.2. The average molecular weight is 757 g/mol. The standard InChI is InChI=1S/C57H44N2/c1-43-24-7-6-22-41-58(53-38-19-16-35-50(53)56(43,44-25-8-2-9-26-44)45-27-10-3-11-28-45)48-33-23-34-49(42-48)59-54-39-20-17-36-51(54)57(46-29-12-4-13-30-46,47-31-14-5-15-32-47)52-37-18-21-40-55(52)59/h2-4,6-10,12-14,16-27,29-40,42H,1,11,28,41H2/b22-6-,24-7-. The Hall–Kier alpha value is -7.34. The van der Waals surface area contributed by atoms with Crippen LogP contribution in [-0.4, -0.2) is 6.54 Å². The Balaban J connectivity index is 1.18. The molecule has 0 radical (unpaired) electrons. The van der Waals surface area contributed by atoms with Gasteiger partial charge in [0.15, 0.2) is 0 Å². The number of para-hydroxylation sites is 3. The first-order valence-corrected chi connectivity index (χ1v) is 20.6. The van der Waals surface area contributed by atoms with E-state index in [1.807, 2.05) is 6.07 Å². The molecule has 0 saturated heterocycles. The zero-order valence-corrected chi connectivity index (χ0v) is 33.0. The van der Waals surface area contributed by atoms with Gasteiger partial charge in [-0.2, -0.15) is 0 Å². The molecule has 0 spiro atoms. The Bertz CT molecular complexity index is 2680. The number of rotatable bonds is 6. The Morgan fingerprint density at radius 2 is 1.12 bits per heavy atom. The minimum Gasteiger partial charge on any atom is -0.337 e. The van der Waals surface area contributed by atoms with Crippen molar-refractivity contribution in [2.24, 2.45) is 0 Å². The largest absolute Gasteiger partial charge is 0.337 e. The van der Waals surface area contributed by atoms with Crippen molar-refractivity contribution >= 4 is 28.4 Å². The third-order valence-corrected chi connectivity index (χ3v) is 12.4. The Morgan fingerprint density at radius 1 is 0.508 bits per heavy atom. The van der Waals surface area contributed by atoms with Crippen LogP contribution in [0.15, 0.2) is 236 Å². The highest BCUT2D eigenvalue weighted by Crippen LogP contribution is 2.58. The molecule has 59 heavy (non-hydrogen) atoms. The first-order valence-electron chi connectivity index (χ1n) is 20.6. The van der Waals surface area contributed by atoms with E-state index < -0.39 is 10.8 Å². The fraction of sp³-hybridized carbons (Fsp3) is 0.0877. The fourth-order valence-corrected chi connectivity index (χ4v) is 9.97. The zero-order chi connectivity index (χ0) is 39.7. The highest BCUT2D eigenvalue weighted by Gasteiger charge is 2.47. The number of hydrogen-bond acceptors (Lipinski definition) is 2. The van der Waals surface area contributed by atoms with E-state index in [0.717, 1.165) is 52.4 Å². The van der Waals surface area contributed by atoms with E-state index in [9.17, 15) is 0 Å². The molecule has 0 fully saturated rings. The van der Waals surface area contributed by atoms with Gasteiger partial charge in [0.1, 0.15) is 0 Å². The molecular formula is C57H44N2. The predicted molar refractivity (Wildman–Crippen MR) is 245 cm³/mol. The summed E-state index contributed by atoms with van der Waals surface area (Å²) < 4.78 is 0. The summed E-state index contributed by atoms with van der Waals surface area (Å²) in [5.41, 5.74) is 14.2. The quantitative estimate of drug-likeness (QED) is 0.167. The fourth-order valence-electron chi connectivity index (χ4n) is 9.97. The SMILES string of the molecule is C=C1/C=C\C=C/CN(c2cccc(N3c4ccccc4C(c4cc#ccc4)(c4ccccc4)c4ccccc43)c2)c2ccccc2C1(C1=CC=CCC1)c1ccccc1. The molecular weight excluding hydrogens is 713 g/mol. The molecule has 0 N–H and O–H groups in total. The molecule has 0 amide bonds. The molecule has 2 nitrogen and oxygen atoms in total. The van der Waals surface area contributed by atoms with Crippen LogP contribution in [0.1, 0.15) is 46.2 Å². The number of allylic oxidation sites excluding steroid dienone is 8. The minimum absolute atomic E-state index is 0.571. The van der Waals surface area contributed by atoms with Crippen LogP contribution < -0.4 is 9.80 Å². The minimum atomic E-state index is -0.572. The van der Waals surface area contributed by atoms with E-state index in [4.69, 9.17) is 6.58 Å². The van der Waals surface area contributed by atoms with Crippen molar-refractivity contribution in [3.05, 3.63) is 282 Å². The summed E-state index contributed by atoms with van der Waals surface area (Å²) in [6, 6.07) is 70.5. The van der Waals surface area contributed by atoms with Gasteiger partial charge in [-0.15, -0.1) is 0 Å². The molecule has 282 valence electrons. The van der Waals surface area contributed by atoms with Crippen LogP contribution in [0.25, 0.3) is 0 Å². The number of nitrogens with zero attached hydrogens (tertiary/aromatic N) is 2. The summed E-state index contributed by atoms with van der Waals surface area (Å²) in [5.74, 6) is 0. The van der Waals surface area contributed by atoms with Gasteiger partial charge in [-0.3, -0.25) is 0 Å². The molecule has 1 atom stereocenters. The molecule has 7 aromatic rings. The van der Waals surface area contributed by atoms with Crippen LogP contribution in [0.3, 0.4) is 0 Å². The topological polar surface area (TPSA) is 6.48 Å². The smallest absolute Gasteiger partial charge is 0.0748 e. The Kier molecular flexibility index (Phi) is 9.28. The molecule has 7 aromatic carbocycles. The van der Waals surface area contributed by atoms with E-state index in [-0.39, 0.29) is 0 Å². The molecule has 0 saturated carbocycles. The van der Waals surface area contributed by atoms with E-state index in [1.165, 1.54) is 33.4 Å². The van der Waals surface area contributed by atoms with Crippen molar-refractivity contribution in [2.75, 3.05) is 16.3 Å². The van der Waals surface area contributed by atoms with Gasteiger partial charge in [0.25, 0.3) is 0 Å². The zero-order valence-electron chi connectivity index (χ0n) is 33.0. The van der Waals surface area contributed by atoms with Crippen molar-refractivity contribution in [1.82, 2.24) is 0 Å². The lowest BCUT2D eigenvalue weighted by Gasteiger charge is -2.46. The molecule has 1 aliphatic carbocycles. The molecule has 2 aliphatic heterocycles. The molecule has 10 rings (SSSR count). The number of benzene rings is 6. The van der Waals surface area contributed by atoms with Crippen molar-refractivity contribution in [2.45, 2.75) is 23.7 Å². The average Bonchev–Trinajstić information content (AvgIpc) is 3.31. The van der Waals surface area contributed by atoms with E-state index in [0.29, 0.717) is 6.54 Å². The summed E-state index contributed by atoms with van der Waals surface area (Å²) in [6.07, 6.45) is 17.5. The summed E-state index contributed by atoms with van der Waals surface area (Å²) in [4.78, 5) is 4.93. The second-order valence-corrected chi connectivity index (χ2v) is 15.4.